The Kier molecular flexibility index (Phi) is 2.98. The first-order valence-corrected chi connectivity index (χ1v) is 5.31. The number of nitriles is 1. The number of amides is 1. The predicted molar refractivity (Wildman–Crippen MR) is 69.5 cm³/mol. The quantitative estimate of drug-likeness (QED) is 0.781. The number of anilines is 1. The van der Waals surface area contributed by atoms with Gasteiger partial charge in [-0.1, -0.05) is 18.2 Å². The third kappa shape index (κ3) is 2.15. The van der Waals surface area contributed by atoms with Gasteiger partial charge < -0.3 is 11.5 Å². The van der Waals surface area contributed by atoms with Gasteiger partial charge >= 0.3 is 0 Å². The summed E-state index contributed by atoms with van der Waals surface area (Å²) in [5, 5.41) is 8.87. The molecule has 0 aliphatic carbocycles. The van der Waals surface area contributed by atoms with Crippen LogP contribution in [0.2, 0.25) is 0 Å². The van der Waals surface area contributed by atoms with Crippen molar-refractivity contribution in [1.82, 2.24) is 0 Å². The van der Waals surface area contributed by atoms with Gasteiger partial charge in [0.05, 0.1) is 11.6 Å². The number of rotatable bonds is 2. The van der Waals surface area contributed by atoms with E-state index in [-0.39, 0.29) is 0 Å². The topological polar surface area (TPSA) is 92.9 Å². The lowest BCUT2D eigenvalue weighted by Crippen LogP contribution is -2.12. The van der Waals surface area contributed by atoms with Gasteiger partial charge in [-0.25, -0.2) is 0 Å². The largest absolute Gasteiger partial charge is 0.399 e. The summed E-state index contributed by atoms with van der Waals surface area (Å²) in [5.41, 5.74) is 13.8. The maximum absolute atomic E-state index is 11.4. The van der Waals surface area contributed by atoms with Crippen molar-refractivity contribution in [2.45, 2.75) is 0 Å². The van der Waals surface area contributed by atoms with E-state index < -0.39 is 5.91 Å². The van der Waals surface area contributed by atoms with E-state index in [0.717, 1.165) is 5.56 Å². The summed E-state index contributed by atoms with van der Waals surface area (Å²) >= 11 is 0. The van der Waals surface area contributed by atoms with Gasteiger partial charge in [0.15, 0.2) is 0 Å². The lowest BCUT2D eigenvalue weighted by atomic mass is 9.97. The van der Waals surface area contributed by atoms with Crippen molar-refractivity contribution in [3.8, 4) is 17.2 Å². The van der Waals surface area contributed by atoms with Gasteiger partial charge in [0.2, 0.25) is 5.91 Å². The molecule has 0 atom stereocenters. The minimum absolute atomic E-state index is 0.352. The van der Waals surface area contributed by atoms with Crippen LogP contribution in [0.3, 0.4) is 0 Å². The number of carbonyl (C=O) groups is 1. The first-order chi connectivity index (χ1) is 8.61. The van der Waals surface area contributed by atoms with Crippen molar-refractivity contribution in [3.63, 3.8) is 0 Å². The van der Waals surface area contributed by atoms with Crippen molar-refractivity contribution in [2.75, 3.05) is 5.73 Å². The van der Waals surface area contributed by atoms with Crippen molar-refractivity contribution in [1.29, 1.82) is 5.26 Å². The van der Waals surface area contributed by atoms with Gasteiger partial charge in [0.25, 0.3) is 0 Å². The summed E-state index contributed by atoms with van der Waals surface area (Å²) in [6.45, 7) is 0. The molecule has 0 fully saturated rings. The molecule has 0 aliphatic heterocycles. The highest BCUT2D eigenvalue weighted by atomic mass is 16.1. The molecule has 1 amide bonds. The van der Waals surface area contributed by atoms with Crippen LogP contribution in [0.25, 0.3) is 11.1 Å². The molecule has 0 saturated heterocycles. The molecule has 0 aliphatic rings. The first kappa shape index (κ1) is 11.7. The number of benzene rings is 2. The van der Waals surface area contributed by atoms with Crippen LogP contribution < -0.4 is 11.5 Å². The van der Waals surface area contributed by atoms with Crippen LogP contribution >= 0.6 is 0 Å². The Morgan fingerprint density at radius 3 is 2.61 bits per heavy atom. The Morgan fingerprint density at radius 2 is 1.94 bits per heavy atom. The molecular formula is C14H11N3O. The van der Waals surface area contributed by atoms with E-state index in [1.165, 1.54) is 6.07 Å². The highest BCUT2D eigenvalue weighted by Gasteiger charge is 2.10. The highest BCUT2D eigenvalue weighted by Crippen LogP contribution is 2.26. The minimum Gasteiger partial charge on any atom is -0.399 e. The van der Waals surface area contributed by atoms with Crippen LogP contribution in [0, 0.1) is 11.3 Å². The number of nitrogens with two attached hydrogens (primary N) is 2. The first-order valence-electron chi connectivity index (χ1n) is 5.31. The molecule has 0 saturated carbocycles. The average Bonchev–Trinajstić information content (AvgIpc) is 2.38. The van der Waals surface area contributed by atoms with Gasteiger partial charge in [0, 0.05) is 11.3 Å². The Labute approximate surface area is 104 Å². The Balaban J connectivity index is 2.63. The Morgan fingerprint density at radius 1 is 1.17 bits per heavy atom. The van der Waals surface area contributed by atoms with Gasteiger partial charge in [0.1, 0.15) is 0 Å². The van der Waals surface area contributed by atoms with Gasteiger partial charge in [-0.2, -0.15) is 5.26 Å². The molecule has 0 radical (unpaired) electrons. The molecule has 2 rings (SSSR count). The van der Waals surface area contributed by atoms with Crippen LogP contribution in [0.15, 0.2) is 42.5 Å². The summed E-state index contributed by atoms with van der Waals surface area (Å²) in [6, 6.07) is 14.0. The molecule has 18 heavy (non-hydrogen) atoms. The summed E-state index contributed by atoms with van der Waals surface area (Å²) in [6.07, 6.45) is 0. The van der Waals surface area contributed by atoms with Crippen LogP contribution in [0.5, 0.6) is 0 Å². The van der Waals surface area contributed by atoms with E-state index in [2.05, 4.69) is 6.07 Å². The second-order valence-electron chi connectivity index (χ2n) is 3.86. The van der Waals surface area contributed by atoms with E-state index in [9.17, 15) is 4.79 Å². The van der Waals surface area contributed by atoms with Crippen LogP contribution in [-0.4, -0.2) is 5.91 Å². The SMILES string of the molecule is N#Cc1cccc(-c2ccc(N)cc2C(N)=O)c1. The molecule has 88 valence electrons. The van der Waals surface area contributed by atoms with E-state index in [1.54, 1.807) is 30.3 Å². The second-order valence-corrected chi connectivity index (χ2v) is 3.86. The average molecular weight is 237 g/mol. The molecule has 4 N–H and O–H groups in total. The van der Waals surface area contributed by atoms with Crippen molar-refractivity contribution >= 4 is 11.6 Å². The number of nitrogens with zero attached hydrogens (tertiary/aromatic N) is 1. The highest BCUT2D eigenvalue weighted by molar-refractivity contribution is 6.00. The van der Waals surface area contributed by atoms with E-state index >= 15 is 0 Å². The molecular weight excluding hydrogens is 226 g/mol. The molecule has 0 spiro atoms. The summed E-state index contributed by atoms with van der Waals surface area (Å²) < 4.78 is 0. The fraction of sp³-hybridized carbons (Fsp3) is 0. The molecule has 0 heterocycles. The summed E-state index contributed by atoms with van der Waals surface area (Å²) in [4.78, 5) is 11.4. The third-order valence-corrected chi connectivity index (χ3v) is 2.61. The van der Waals surface area contributed by atoms with Crippen LogP contribution in [-0.2, 0) is 0 Å². The van der Waals surface area contributed by atoms with E-state index in [1.807, 2.05) is 6.07 Å². The zero-order chi connectivity index (χ0) is 13.1. The standard InChI is InChI=1S/C14H11N3O/c15-8-9-2-1-3-10(6-9)12-5-4-11(16)7-13(12)14(17)18/h1-7H,16H2,(H2,17,18). The van der Waals surface area contributed by atoms with Crippen molar-refractivity contribution < 1.29 is 4.79 Å². The van der Waals surface area contributed by atoms with Gasteiger partial charge in [-0.05, 0) is 35.4 Å². The molecule has 0 bridgehead atoms. The Bertz CT molecular complexity index is 656. The van der Waals surface area contributed by atoms with Gasteiger partial charge in [-0.3, -0.25) is 4.79 Å². The van der Waals surface area contributed by atoms with Crippen LogP contribution in [0.4, 0.5) is 5.69 Å². The van der Waals surface area contributed by atoms with Crippen molar-refractivity contribution in [3.05, 3.63) is 53.6 Å². The van der Waals surface area contributed by atoms with Gasteiger partial charge in [-0.15, -0.1) is 0 Å². The fourth-order valence-corrected chi connectivity index (χ4v) is 1.77. The second kappa shape index (κ2) is 4.60. The summed E-state index contributed by atoms with van der Waals surface area (Å²) in [7, 11) is 0. The number of hydrogen-bond donors (Lipinski definition) is 2. The summed E-state index contributed by atoms with van der Waals surface area (Å²) in [5.74, 6) is -0.542. The predicted octanol–water partition coefficient (Wildman–Crippen LogP) is 1.91. The Hall–Kier alpha value is -2.80. The molecule has 0 aromatic heterocycles. The smallest absolute Gasteiger partial charge is 0.249 e. The number of carbonyl (C=O) groups excluding carboxylic acids is 1. The molecule has 4 heteroatoms. The molecule has 4 nitrogen and oxygen atoms in total. The van der Waals surface area contributed by atoms with E-state index in [4.69, 9.17) is 16.7 Å². The monoisotopic (exact) mass is 237 g/mol. The molecule has 2 aromatic carbocycles. The van der Waals surface area contributed by atoms with E-state index in [0.29, 0.717) is 22.4 Å². The lowest BCUT2D eigenvalue weighted by Gasteiger charge is -2.08. The number of nitrogen functional groups attached to an aromatic ring is 1. The molecule has 0 unspecified atom stereocenters. The van der Waals surface area contributed by atoms with Crippen LogP contribution in [0.1, 0.15) is 15.9 Å². The maximum atomic E-state index is 11.4. The fourth-order valence-electron chi connectivity index (χ4n) is 1.77. The van der Waals surface area contributed by atoms with Crippen molar-refractivity contribution in [2.24, 2.45) is 5.73 Å². The number of primary amides is 1. The maximum Gasteiger partial charge on any atom is 0.249 e. The normalized spacial score (nSPS) is 9.72. The molecule has 2 aromatic rings. The minimum atomic E-state index is -0.542. The zero-order valence-electron chi connectivity index (χ0n) is 9.55. The number of hydrogen-bond acceptors (Lipinski definition) is 3. The third-order valence-electron chi connectivity index (χ3n) is 2.61. The zero-order valence-corrected chi connectivity index (χ0v) is 9.55. The lowest BCUT2D eigenvalue weighted by molar-refractivity contribution is 0.100.